The second kappa shape index (κ2) is 6.89. The van der Waals surface area contributed by atoms with E-state index in [0.29, 0.717) is 5.92 Å². The molecule has 0 aliphatic heterocycles. The van der Waals surface area contributed by atoms with Crippen molar-refractivity contribution in [3.8, 4) is 0 Å². The zero-order chi connectivity index (χ0) is 9.40. The largest absolute Gasteiger partial charge is 0.402 e. The molecule has 12 heavy (non-hydrogen) atoms. The number of nitrogens with two attached hydrogens (primary N) is 1. The molecule has 0 rings (SSSR count). The Morgan fingerprint density at radius 3 is 2.67 bits per heavy atom. The van der Waals surface area contributed by atoms with E-state index in [9.17, 15) is 0 Å². The molecule has 0 saturated carbocycles. The second-order valence-electron chi connectivity index (χ2n) is 3.39. The van der Waals surface area contributed by atoms with Gasteiger partial charge in [0, 0.05) is 18.5 Å². The summed E-state index contributed by atoms with van der Waals surface area (Å²) in [6, 6.07) is 0. The summed E-state index contributed by atoms with van der Waals surface area (Å²) in [5.74, 6) is 0.626. The van der Waals surface area contributed by atoms with Gasteiger partial charge in [-0.2, -0.15) is 0 Å². The lowest BCUT2D eigenvalue weighted by Crippen LogP contribution is -2.01. The van der Waals surface area contributed by atoms with Crippen LogP contribution in [0.5, 0.6) is 0 Å². The summed E-state index contributed by atoms with van der Waals surface area (Å²) >= 11 is 0. The molecule has 2 N–H and O–H groups in total. The van der Waals surface area contributed by atoms with Crippen LogP contribution in [0.3, 0.4) is 0 Å². The lowest BCUT2D eigenvalue weighted by atomic mass is 10.1. The molecule has 0 radical (unpaired) electrons. The van der Waals surface area contributed by atoms with Crippen LogP contribution in [0.4, 0.5) is 0 Å². The second-order valence-corrected chi connectivity index (χ2v) is 3.39. The van der Waals surface area contributed by atoms with Gasteiger partial charge in [0.25, 0.3) is 0 Å². The van der Waals surface area contributed by atoms with E-state index < -0.39 is 0 Å². The predicted octanol–water partition coefficient (Wildman–Crippen LogP) is 2.36. The first-order valence-electron chi connectivity index (χ1n) is 4.61. The minimum Gasteiger partial charge on any atom is -0.402 e. The predicted molar refractivity (Wildman–Crippen MR) is 55.4 cm³/mol. The molecule has 2 nitrogen and oxygen atoms in total. The lowest BCUT2D eigenvalue weighted by molar-refractivity contribution is 0.639. The lowest BCUT2D eigenvalue weighted by Gasteiger charge is -2.02. The van der Waals surface area contributed by atoms with Gasteiger partial charge in [-0.1, -0.05) is 20.8 Å². The van der Waals surface area contributed by atoms with Crippen molar-refractivity contribution >= 4 is 6.21 Å². The van der Waals surface area contributed by atoms with Gasteiger partial charge in [0.05, 0.1) is 0 Å². The van der Waals surface area contributed by atoms with Crippen LogP contribution in [0.15, 0.2) is 16.8 Å². The molecular weight excluding hydrogens is 148 g/mol. The van der Waals surface area contributed by atoms with Crippen molar-refractivity contribution in [3.63, 3.8) is 0 Å². The summed E-state index contributed by atoms with van der Waals surface area (Å²) in [4.78, 5) is 4.16. The molecule has 0 fully saturated rings. The van der Waals surface area contributed by atoms with E-state index in [2.05, 4.69) is 25.8 Å². The Hall–Kier alpha value is -0.790. The molecule has 0 saturated heterocycles. The van der Waals surface area contributed by atoms with Gasteiger partial charge in [-0.25, -0.2) is 0 Å². The fourth-order valence-corrected chi connectivity index (χ4v) is 0.892. The molecule has 0 heterocycles. The van der Waals surface area contributed by atoms with Crippen LogP contribution in [0.25, 0.3) is 0 Å². The van der Waals surface area contributed by atoms with Gasteiger partial charge in [-0.15, -0.1) is 0 Å². The Morgan fingerprint density at radius 1 is 1.50 bits per heavy atom. The van der Waals surface area contributed by atoms with Crippen molar-refractivity contribution in [3.05, 3.63) is 11.8 Å². The average Bonchev–Trinajstić information content (AvgIpc) is 1.97. The molecule has 0 unspecified atom stereocenters. The van der Waals surface area contributed by atoms with E-state index >= 15 is 0 Å². The molecule has 0 aromatic carbocycles. The first-order valence-corrected chi connectivity index (χ1v) is 4.61. The van der Waals surface area contributed by atoms with Crippen molar-refractivity contribution in [2.75, 3.05) is 6.54 Å². The topological polar surface area (TPSA) is 38.4 Å². The Labute approximate surface area is 75.6 Å². The third-order valence-electron chi connectivity index (χ3n) is 1.39. The van der Waals surface area contributed by atoms with Crippen LogP contribution in [-0.4, -0.2) is 12.8 Å². The van der Waals surface area contributed by atoms with Crippen molar-refractivity contribution in [1.82, 2.24) is 0 Å². The highest BCUT2D eigenvalue weighted by molar-refractivity contribution is 5.71. The summed E-state index contributed by atoms with van der Waals surface area (Å²) < 4.78 is 0. The standard InChI is InChI=1S/C10H20N2/c1-4-6-12-7-5-10(11)8-9(2)3/h5,7,9H,4,6,8,11H2,1-3H3. The SMILES string of the molecule is CCCN=CC=C(N)CC(C)C. The maximum atomic E-state index is 5.73. The van der Waals surface area contributed by atoms with Crippen LogP contribution in [0, 0.1) is 5.92 Å². The smallest absolute Gasteiger partial charge is 0.0386 e. The average molecular weight is 168 g/mol. The van der Waals surface area contributed by atoms with Gasteiger partial charge in [0.1, 0.15) is 0 Å². The van der Waals surface area contributed by atoms with Gasteiger partial charge < -0.3 is 5.73 Å². The van der Waals surface area contributed by atoms with Gasteiger partial charge in [-0.05, 0) is 24.8 Å². The van der Waals surface area contributed by atoms with Gasteiger partial charge in [0.15, 0.2) is 0 Å². The van der Waals surface area contributed by atoms with Crippen molar-refractivity contribution in [1.29, 1.82) is 0 Å². The van der Waals surface area contributed by atoms with Gasteiger partial charge in [0.2, 0.25) is 0 Å². The zero-order valence-corrected chi connectivity index (χ0v) is 8.38. The van der Waals surface area contributed by atoms with E-state index in [0.717, 1.165) is 25.1 Å². The zero-order valence-electron chi connectivity index (χ0n) is 8.38. The minimum absolute atomic E-state index is 0.626. The van der Waals surface area contributed by atoms with Crippen LogP contribution in [0.2, 0.25) is 0 Å². The first kappa shape index (κ1) is 11.2. The molecule has 0 aliphatic rings. The summed E-state index contributed by atoms with van der Waals surface area (Å²) in [7, 11) is 0. The van der Waals surface area contributed by atoms with E-state index in [1.807, 2.05) is 6.08 Å². The van der Waals surface area contributed by atoms with E-state index in [-0.39, 0.29) is 0 Å². The van der Waals surface area contributed by atoms with Crippen LogP contribution in [-0.2, 0) is 0 Å². The number of aliphatic imine (C=N–C) groups is 1. The minimum atomic E-state index is 0.626. The molecule has 0 amide bonds. The Kier molecular flexibility index (Phi) is 6.44. The normalized spacial score (nSPS) is 13.2. The van der Waals surface area contributed by atoms with E-state index in [1.54, 1.807) is 6.21 Å². The molecule has 2 heteroatoms. The Morgan fingerprint density at radius 2 is 2.17 bits per heavy atom. The third kappa shape index (κ3) is 7.32. The van der Waals surface area contributed by atoms with Gasteiger partial charge in [-0.3, -0.25) is 4.99 Å². The van der Waals surface area contributed by atoms with Crippen LogP contribution in [0.1, 0.15) is 33.6 Å². The molecule has 70 valence electrons. The number of allylic oxidation sites excluding steroid dienone is 2. The highest BCUT2D eigenvalue weighted by Crippen LogP contribution is 2.03. The van der Waals surface area contributed by atoms with E-state index in [1.165, 1.54) is 0 Å². The maximum Gasteiger partial charge on any atom is 0.0386 e. The molecule has 0 bridgehead atoms. The number of hydrogen-bond donors (Lipinski definition) is 1. The quantitative estimate of drug-likeness (QED) is 0.629. The summed E-state index contributed by atoms with van der Waals surface area (Å²) in [6.45, 7) is 7.32. The fraction of sp³-hybridized carbons (Fsp3) is 0.700. The molecule has 0 atom stereocenters. The first-order chi connectivity index (χ1) is 5.66. The molecule has 0 aromatic rings. The van der Waals surface area contributed by atoms with Crippen molar-refractivity contribution in [2.24, 2.45) is 16.6 Å². The summed E-state index contributed by atoms with van der Waals surface area (Å²) in [5, 5.41) is 0. The monoisotopic (exact) mass is 168 g/mol. The van der Waals surface area contributed by atoms with Crippen molar-refractivity contribution in [2.45, 2.75) is 33.6 Å². The molecule has 0 aromatic heterocycles. The van der Waals surface area contributed by atoms with Crippen LogP contribution < -0.4 is 5.73 Å². The summed E-state index contributed by atoms with van der Waals surface area (Å²) in [5.41, 5.74) is 6.65. The van der Waals surface area contributed by atoms with Crippen LogP contribution >= 0.6 is 0 Å². The summed E-state index contributed by atoms with van der Waals surface area (Å²) in [6.07, 6.45) is 5.75. The van der Waals surface area contributed by atoms with Gasteiger partial charge >= 0.3 is 0 Å². The molecule has 0 spiro atoms. The number of hydrogen-bond acceptors (Lipinski definition) is 2. The highest BCUT2D eigenvalue weighted by Gasteiger charge is 1.93. The Bertz CT molecular complexity index is 157. The highest BCUT2D eigenvalue weighted by atomic mass is 14.7. The third-order valence-corrected chi connectivity index (χ3v) is 1.39. The maximum absolute atomic E-state index is 5.73. The van der Waals surface area contributed by atoms with Crippen molar-refractivity contribution < 1.29 is 0 Å². The molecular formula is C10H20N2. The fourth-order valence-electron chi connectivity index (χ4n) is 0.892. The molecule has 0 aliphatic carbocycles. The number of rotatable bonds is 5. The Balaban J connectivity index is 3.68. The van der Waals surface area contributed by atoms with E-state index in [4.69, 9.17) is 5.73 Å². The number of nitrogens with zero attached hydrogens (tertiary/aromatic N) is 1.